The number of hydrogen-bond donors (Lipinski definition) is 1. The van der Waals surface area contributed by atoms with E-state index in [2.05, 4.69) is 0 Å². The summed E-state index contributed by atoms with van der Waals surface area (Å²) in [5, 5.41) is 8.64. The fourth-order valence-corrected chi connectivity index (χ4v) is 0.963. The second kappa shape index (κ2) is 4.02. The standard InChI is InChI=1S/C10H12O2/c1-2-8-4-3-5-9(6-8)10(12)7-11/h3-6,11H,2,7H2,1H3/i1D2. The SMILES string of the molecule is [2H]C([2H])Cc1cccc(C(=O)CO)c1. The lowest BCUT2D eigenvalue weighted by Crippen LogP contribution is -2.04. The molecule has 2 nitrogen and oxygen atoms in total. The second-order valence-corrected chi connectivity index (χ2v) is 2.49. The molecule has 0 radical (unpaired) electrons. The first-order chi connectivity index (χ1) is 6.63. The van der Waals surface area contributed by atoms with E-state index in [0.717, 1.165) is 5.56 Å². The van der Waals surface area contributed by atoms with Crippen LogP contribution in [0.15, 0.2) is 24.3 Å². The molecule has 0 heterocycles. The molecule has 1 N–H and O–H groups in total. The molecular formula is C10H12O2. The predicted molar refractivity (Wildman–Crippen MR) is 47.2 cm³/mol. The normalized spacial score (nSPS) is 12.5. The number of aliphatic hydroxyl groups excluding tert-OH is 1. The zero-order valence-electron chi connectivity index (χ0n) is 8.66. The minimum atomic E-state index is -0.922. The van der Waals surface area contributed by atoms with Crippen LogP contribution in [0.4, 0.5) is 0 Å². The molecule has 2 heteroatoms. The Hall–Kier alpha value is -1.15. The molecule has 0 fully saturated rings. The Kier molecular flexibility index (Phi) is 2.14. The number of Topliss-reactive ketones (excluding diaryl/α,β-unsaturated/α-hetero) is 1. The van der Waals surface area contributed by atoms with E-state index in [1.807, 2.05) is 0 Å². The van der Waals surface area contributed by atoms with E-state index < -0.39 is 13.5 Å². The lowest BCUT2D eigenvalue weighted by atomic mass is 10.1. The summed E-state index contributed by atoms with van der Waals surface area (Å²) in [6.45, 7) is -1.43. The summed E-state index contributed by atoms with van der Waals surface area (Å²) < 4.78 is 14.1. The molecule has 1 aromatic rings. The molecular weight excluding hydrogens is 152 g/mol. The number of carbonyl (C=O) groups is 1. The van der Waals surface area contributed by atoms with Gasteiger partial charge in [-0.2, -0.15) is 0 Å². The minimum absolute atomic E-state index is 0.298. The topological polar surface area (TPSA) is 37.3 Å². The maximum Gasteiger partial charge on any atom is 0.188 e. The zero-order chi connectivity index (χ0) is 10.6. The lowest BCUT2D eigenvalue weighted by Gasteiger charge is -1.99. The first kappa shape index (κ1) is 6.38. The van der Waals surface area contributed by atoms with Gasteiger partial charge in [-0.15, -0.1) is 0 Å². The van der Waals surface area contributed by atoms with Gasteiger partial charge in [0.05, 0.1) is 0 Å². The van der Waals surface area contributed by atoms with Crippen molar-refractivity contribution in [2.75, 3.05) is 6.61 Å². The van der Waals surface area contributed by atoms with Gasteiger partial charge < -0.3 is 5.11 Å². The first-order valence-corrected chi connectivity index (χ1v) is 3.71. The van der Waals surface area contributed by atoms with Gasteiger partial charge in [-0.05, 0) is 18.1 Å². The fourth-order valence-electron chi connectivity index (χ4n) is 0.963. The van der Waals surface area contributed by atoms with Crippen molar-refractivity contribution in [3.8, 4) is 0 Å². The number of hydrogen-bond acceptors (Lipinski definition) is 2. The first-order valence-electron chi connectivity index (χ1n) is 4.86. The number of carbonyl (C=O) groups excluding carboxylic acids is 1. The minimum Gasteiger partial charge on any atom is -0.388 e. The largest absolute Gasteiger partial charge is 0.388 e. The maximum absolute atomic E-state index is 11.1. The van der Waals surface area contributed by atoms with Gasteiger partial charge in [0, 0.05) is 8.30 Å². The Morgan fingerprint density at radius 2 is 2.50 bits per heavy atom. The average Bonchev–Trinajstić information content (AvgIpc) is 2.16. The van der Waals surface area contributed by atoms with Crippen LogP contribution in [0, 0.1) is 0 Å². The Balaban J connectivity index is 2.84. The third-order valence-corrected chi connectivity index (χ3v) is 1.63. The van der Waals surface area contributed by atoms with Crippen LogP contribution < -0.4 is 0 Å². The third-order valence-electron chi connectivity index (χ3n) is 1.63. The van der Waals surface area contributed by atoms with Crippen molar-refractivity contribution in [3.05, 3.63) is 35.4 Å². The molecule has 12 heavy (non-hydrogen) atoms. The van der Waals surface area contributed by atoms with E-state index in [4.69, 9.17) is 7.85 Å². The molecule has 0 bridgehead atoms. The highest BCUT2D eigenvalue weighted by Crippen LogP contribution is 2.06. The van der Waals surface area contributed by atoms with Crippen molar-refractivity contribution in [1.29, 1.82) is 0 Å². The molecule has 0 unspecified atom stereocenters. The van der Waals surface area contributed by atoms with Crippen molar-refractivity contribution < 1.29 is 12.6 Å². The predicted octanol–water partition coefficient (Wildman–Crippen LogP) is 1.42. The van der Waals surface area contributed by atoms with Gasteiger partial charge in [0.2, 0.25) is 0 Å². The van der Waals surface area contributed by atoms with E-state index >= 15 is 0 Å². The number of benzene rings is 1. The van der Waals surface area contributed by atoms with E-state index in [9.17, 15) is 4.79 Å². The van der Waals surface area contributed by atoms with Gasteiger partial charge >= 0.3 is 0 Å². The van der Waals surface area contributed by atoms with Gasteiger partial charge in [-0.25, -0.2) is 0 Å². The van der Waals surface area contributed by atoms with Crippen LogP contribution in [0.3, 0.4) is 0 Å². The summed E-state index contributed by atoms with van der Waals surface area (Å²) in [6.07, 6.45) is 0.298. The monoisotopic (exact) mass is 166 g/mol. The molecule has 0 atom stereocenters. The Bertz CT molecular complexity index is 324. The van der Waals surface area contributed by atoms with E-state index in [1.165, 1.54) is 0 Å². The highest BCUT2D eigenvalue weighted by Gasteiger charge is 2.02. The zero-order valence-corrected chi connectivity index (χ0v) is 6.66. The van der Waals surface area contributed by atoms with Gasteiger partial charge in [-0.1, -0.05) is 25.1 Å². The molecule has 0 saturated heterocycles. The van der Waals surface area contributed by atoms with E-state index in [1.54, 1.807) is 24.3 Å². The van der Waals surface area contributed by atoms with Crippen molar-refractivity contribution in [3.63, 3.8) is 0 Å². The van der Waals surface area contributed by atoms with Crippen LogP contribution in [0.2, 0.25) is 0 Å². The van der Waals surface area contributed by atoms with Crippen LogP contribution in [-0.4, -0.2) is 17.5 Å². The number of rotatable bonds is 3. The second-order valence-electron chi connectivity index (χ2n) is 2.49. The van der Waals surface area contributed by atoms with Crippen LogP contribution in [0.25, 0.3) is 0 Å². The van der Waals surface area contributed by atoms with E-state index in [0.29, 0.717) is 12.0 Å². The van der Waals surface area contributed by atoms with Gasteiger partial charge in [0.25, 0.3) is 0 Å². The van der Waals surface area contributed by atoms with Crippen molar-refractivity contribution in [1.82, 2.24) is 0 Å². The van der Waals surface area contributed by atoms with Crippen LogP contribution in [0.5, 0.6) is 0 Å². The van der Waals surface area contributed by atoms with Crippen molar-refractivity contribution in [2.24, 2.45) is 0 Å². The highest BCUT2D eigenvalue weighted by molar-refractivity contribution is 5.97. The molecule has 0 spiro atoms. The number of aryl methyl sites for hydroxylation is 1. The number of aliphatic hydroxyl groups is 1. The molecule has 64 valence electrons. The lowest BCUT2D eigenvalue weighted by molar-refractivity contribution is 0.0903. The van der Waals surface area contributed by atoms with E-state index in [-0.39, 0.29) is 5.78 Å². The fraction of sp³-hybridized carbons (Fsp3) is 0.300. The summed E-state index contributed by atoms with van der Waals surface area (Å²) in [7, 11) is 0. The van der Waals surface area contributed by atoms with Crippen LogP contribution >= 0.6 is 0 Å². The molecule has 0 amide bonds. The van der Waals surface area contributed by atoms with Crippen LogP contribution in [-0.2, 0) is 6.42 Å². The molecule has 0 aliphatic heterocycles. The smallest absolute Gasteiger partial charge is 0.188 e. The summed E-state index contributed by atoms with van der Waals surface area (Å²) in [5.41, 5.74) is 1.21. The summed E-state index contributed by atoms with van der Waals surface area (Å²) in [5.74, 6) is -0.335. The van der Waals surface area contributed by atoms with Gasteiger partial charge in [0.1, 0.15) is 6.61 Å². The maximum atomic E-state index is 11.1. The summed E-state index contributed by atoms with van der Waals surface area (Å²) in [4.78, 5) is 11.1. The molecule has 1 aromatic carbocycles. The molecule has 1 rings (SSSR count). The molecule has 0 aliphatic rings. The van der Waals surface area contributed by atoms with Gasteiger partial charge in [0.15, 0.2) is 5.78 Å². The number of ketones is 1. The van der Waals surface area contributed by atoms with Crippen LogP contribution in [0.1, 0.15) is 25.5 Å². The quantitative estimate of drug-likeness (QED) is 0.689. The Morgan fingerprint density at radius 1 is 1.67 bits per heavy atom. The van der Waals surface area contributed by atoms with Gasteiger partial charge in [-0.3, -0.25) is 4.79 Å². The molecule has 0 aromatic heterocycles. The molecule has 0 aliphatic carbocycles. The Labute approximate surface area is 74.7 Å². The van der Waals surface area contributed by atoms with Crippen molar-refractivity contribution in [2.45, 2.75) is 13.3 Å². The highest BCUT2D eigenvalue weighted by atomic mass is 16.3. The third kappa shape index (κ3) is 1.92. The summed E-state index contributed by atoms with van der Waals surface area (Å²) in [6, 6.07) is 6.70. The summed E-state index contributed by atoms with van der Waals surface area (Å²) >= 11 is 0. The molecule has 0 saturated carbocycles. The van der Waals surface area contributed by atoms with Crippen molar-refractivity contribution >= 4 is 5.78 Å². The average molecular weight is 166 g/mol. The Morgan fingerprint density at radius 3 is 3.17 bits per heavy atom.